The van der Waals surface area contributed by atoms with E-state index in [1.165, 1.54) is 0 Å². The van der Waals surface area contributed by atoms with Crippen molar-refractivity contribution < 1.29 is 30.0 Å². The Labute approximate surface area is 68.1 Å². The summed E-state index contributed by atoms with van der Waals surface area (Å²) in [5.41, 5.74) is -2.63. The van der Waals surface area contributed by atoms with Crippen LogP contribution in [0.4, 0.5) is 0 Å². The molecule has 0 fully saturated rings. The number of hydrogen-bond acceptors (Lipinski definition) is 6. The van der Waals surface area contributed by atoms with Gasteiger partial charge in [0.25, 0.3) is 0 Å². The van der Waals surface area contributed by atoms with Crippen molar-refractivity contribution in [2.24, 2.45) is 0 Å². The maximum atomic E-state index is 10.2. The topological polar surface area (TPSA) is 115 Å². The van der Waals surface area contributed by atoms with E-state index in [1.807, 2.05) is 0 Å². The maximum Gasteiger partial charge on any atom is 0.180 e. The van der Waals surface area contributed by atoms with Gasteiger partial charge in [0.15, 0.2) is 18.2 Å². The molecule has 6 nitrogen and oxygen atoms in total. The summed E-state index contributed by atoms with van der Waals surface area (Å²) < 4.78 is 0. The van der Waals surface area contributed by atoms with E-state index in [9.17, 15) is 9.59 Å². The van der Waals surface area contributed by atoms with Gasteiger partial charge in [0, 0.05) is 0 Å². The van der Waals surface area contributed by atoms with Gasteiger partial charge in [-0.05, 0) is 0 Å². The van der Waals surface area contributed by atoms with Crippen molar-refractivity contribution in [3.63, 3.8) is 0 Å². The van der Waals surface area contributed by atoms with E-state index < -0.39 is 24.4 Å². The molecule has 0 radical (unpaired) electrons. The first kappa shape index (κ1) is 11.2. The number of rotatable bonds is 5. The third-order valence-corrected chi connectivity index (χ3v) is 1.50. The fourth-order valence-corrected chi connectivity index (χ4v) is 0.601. The van der Waals surface area contributed by atoms with Crippen LogP contribution in [0.25, 0.3) is 0 Å². The van der Waals surface area contributed by atoms with Gasteiger partial charge in [0.2, 0.25) is 0 Å². The minimum absolute atomic E-state index is 0.104. The van der Waals surface area contributed by atoms with E-state index >= 15 is 0 Å². The highest BCUT2D eigenvalue weighted by Crippen LogP contribution is 2.11. The van der Waals surface area contributed by atoms with E-state index in [1.54, 1.807) is 0 Å². The molecule has 70 valence electrons. The highest BCUT2D eigenvalue weighted by Gasteiger charge is 2.42. The van der Waals surface area contributed by atoms with Gasteiger partial charge in [-0.3, -0.25) is 4.79 Å². The molecule has 0 bridgehead atoms. The van der Waals surface area contributed by atoms with Crippen LogP contribution in [0.2, 0.25) is 0 Å². The fraction of sp³-hybridized carbons (Fsp3) is 0.667. The Morgan fingerprint density at radius 2 is 1.83 bits per heavy atom. The molecule has 3 atom stereocenters. The highest BCUT2D eigenvalue weighted by molar-refractivity contribution is 5.73. The second-order valence-electron chi connectivity index (χ2n) is 2.28. The normalized spacial score (nSPS) is 20.7. The summed E-state index contributed by atoms with van der Waals surface area (Å²) in [5, 5.41) is 35.0. The van der Waals surface area contributed by atoms with Crippen LogP contribution in [0, 0.1) is 0 Å². The molecule has 0 spiro atoms. The van der Waals surface area contributed by atoms with Crippen LogP contribution >= 0.6 is 0 Å². The minimum Gasteiger partial charge on any atom is -0.394 e. The molecule has 0 saturated carbocycles. The number of carbonyl (C=O) groups is 2. The molecular weight excluding hydrogens is 168 g/mol. The lowest BCUT2D eigenvalue weighted by molar-refractivity contribution is -0.167. The Kier molecular flexibility index (Phi) is 3.98. The standard InChI is InChI=1S/C6H10O6/c7-1-4(10)6(12,3-9)5(11)2-8/h1,3-5,8,10-12H,2H2/t4-,5-,6-/m1/s1. The molecular formula is C6H10O6. The zero-order valence-electron chi connectivity index (χ0n) is 6.12. The van der Waals surface area contributed by atoms with Crippen LogP contribution in [-0.4, -0.2) is 57.4 Å². The number of hydrogen-bond donors (Lipinski definition) is 4. The summed E-state index contributed by atoms with van der Waals surface area (Å²) in [5.74, 6) is 0. The van der Waals surface area contributed by atoms with Gasteiger partial charge in [0.05, 0.1) is 6.61 Å². The maximum absolute atomic E-state index is 10.2. The van der Waals surface area contributed by atoms with Gasteiger partial charge in [-0.2, -0.15) is 0 Å². The molecule has 0 aromatic carbocycles. The summed E-state index contributed by atoms with van der Waals surface area (Å²) in [7, 11) is 0. The zero-order valence-corrected chi connectivity index (χ0v) is 6.12. The molecule has 0 aliphatic rings. The fourth-order valence-electron chi connectivity index (χ4n) is 0.601. The van der Waals surface area contributed by atoms with Gasteiger partial charge in [-0.25, -0.2) is 0 Å². The SMILES string of the molecule is O=C[C@@H](O)[C@](O)(C=O)[C@H](O)CO. The average molecular weight is 178 g/mol. The van der Waals surface area contributed by atoms with E-state index in [4.69, 9.17) is 20.4 Å². The molecule has 0 unspecified atom stereocenters. The molecule has 12 heavy (non-hydrogen) atoms. The Morgan fingerprint density at radius 1 is 1.33 bits per heavy atom. The lowest BCUT2D eigenvalue weighted by Gasteiger charge is -2.27. The molecule has 0 rings (SSSR count). The number of aliphatic hydroxyl groups excluding tert-OH is 3. The van der Waals surface area contributed by atoms with Crippen molar-refractivity contribution in [1.29, 1.82) is 0 Å². The predicted octanol–water partition coefficient (Wildman–Crippen LogP) is -3.17. The van der Waals surface area contributed by atoms with Crippen molar-refractivity contribution >= 4 is 12.6 Å². The molecule has 0 aliphatic carbocycles. The lowest BCUT2D eigenvalue weighted by Crippen LogP contribution is -2.55. The largest absolute Gasteiger partial charge is 0.394 e. The van der Waals surface area contributed by atoms with Crippen LogP contribution in [0.1, 0.15) is 0 Å². The van der Waals surface area contributed by atoms with Crippen LogP contribution in [0.15, 0.2) is 0 Å². The predicted molar refractivity (Wildman–Crippen MR) is 36.2 cm³/mol. The third-order valence-electron chi connectivity index (χ3n) is 1.50. The second kappa shape index (κ2) is 4.27. The molecule has 6 heteroatoms. The Bertz CT molecular complexity index is 169. The quantitative estimate of drug-likeness (QED) is 0.330. The summed E-state index contributed by atoms with van der Waals surface area (Å²) in [6.07, 6.45) is -4.22. The van der Waals surface area contributed by atoms with Crippen molar-refractivity contribution in [1.82, 2.24) is 0 Å². The Morgan fingerprint density at radius 3 is 2.08 bits per heavy atom. The molecule has 0 saturated heterocycles. The first-order valence-corrected chi connectivity index (χ1v) is 3.14. The van der Waals surface area contributed by atoms with E-state index in [2.05, 4.69) is 0 Å². The van der Waals surface area contributed by atoms with Gasteiger partial charge < -0.3 is 25.2 Å². The van der Waals surface area contributed by atoms with Crippen molar-refractivity contribution in [3.8, 4) is 0 Å². The minimum atomic E-state index is -2.63. The van der Waals surface area contributed by atoms with Gasteiger partial charge in [0.1, 0.15) is 12.2 Å². The molecule has 0 aliphatic heterocycles. The van der Waals surface area contributed by atoms with Gasteiger partial charge in [-0.15, -0.1) is 0 Å². The summed E-state index contributed by atoms with van der Waals surface area (Å²) in [6.45, 7) is -0.930. The first-order chi connectivity index (χ1) is 5.52. The average Bonchev–Trinajstić information content (AvgIpc) is 2.13. The summed E-state index contributed by atoms with van der Waals surface area (Å²) in [4.78, 5) is 20.2. The summed E-state index contributed by atoms with van der Waals surface area (Å²) in [6, 6.07) is 0. The van der Waals surface area contributed by atoms with E-state index in [0.29, 0.717) is 0 Å². The monoisotopic (exact) mass is 178 g/mol. The lowest BCUT2D eigenvalue weighted by atomic mass is 9.93. The smallest absolute Gasteiger partial charge is 0.180 e. The highest BCUT2D eigenvalue weighted by atomic mass is 16.4. The second-order valence-corrected chi connectivity index (χ2v) is 2.28. The molecule has 0 heterocycles. The molecule has 0 amide bonds. The molecule has 0 aromatic heterocycles. The Balaban J connectivity index is 4.64. The zero-order chi connectivity index (χ0) is 9.78. The number of carbonyl (C=O) groups excluding carboxylic acids is 2. The van der Waals surface area contributed by atoms with E-state index in [0.717, 1.165) is 0 Å². The molecule has 0 aromatic rings. The van der Waals surface area contributed by atoms with Crippen molar-refractivity contribution in [3.05, 3.63) is 0 Å². The number of aldehydes is 2. The Hall–Kier alpha value is -0.820. The van der Waals surface area contributed by atoms with E-state index in [-0.39, 0.29) is 12.6 Å². The van der Waals surface area contributed by atoms with Crippen molar-refractivity contribution in [2.75, 3.05) is 6.61 Å². The third kappa shape index (κ3) is 1.86. The number of aliphatic hydroxyl groups is 4. The van der Waals surface area contributed by atoms with Crippen LogP contribution in [0.5, 0.6) is 0 Å². The van der Waals surface area contributed by atoms with Gasteiger partial charge in [-0.1, -0.05) is 0 Å². The van der Waals surface area contributed by atoms with Gasteiger partial charge >= 0.3 is 0 Å². The van der Waals surface area contributed by atoms with Crippen LogP contribution < -0.4 is 0 Å². The van der Waals surface area contributed by atoms with Crippen LogP contribution in [-0.2, 0) is 9.59 Å². The first-order valence-electron chi connectivity index (χ1n) is 3.14. The summed E-state index contributed by atoms with van der Waals surface area (Å²) >= 11 is 0. The van der Waals surface area contributed by atoms with Crippen molar-refractivity contribution in [2.45, 2.75) is 17.8 Å². The van der Waals surface area contributed by atoms with Crippen LogP contribution in [0.3, 0.4) is 0 Å². The molecule has 4 N–H and O–H groups in total.